The van der Waals surface area contributed by atoms with Gasteiger partial charge in [-0.15, -0.1) is 0 Å². The number of aromatic nitrogens is 3. The highest BCUT2D eigenvalue weighted by molar-refractivity contribution is 7.86. The fourth-order valence-electron chi connectivity index (χ4n) is 2.38. The fraction of sp³-hybridized carbons (Fsp3) is 0.471. The molecule has 0 aromatic carbocycles. The number of hydrogen-bond acceptors (Lipinski definition) is 8. The molecule has 0 aliphatic carbocycles. The van der Waals surface area contributed by atoms with E-state index in [-0.39, 0.29) is 42.5 Å². The molecule has 0 atom stereocenters. The molecule has 0 amide bonds. The average molecular weight is 451 g/mol. The van der Waals surface area contributed by atoms with E-state index in [1.165, 1.54) is 7.05 Å². The lowest BCUT2D eigenvalue weighted by molar-refractivity contribution is -0.141. The maximum absolute atomic E-state index is 13.1. The summed E-state index contributed by atoms with van der Waals surface area (Å²) >= 11 is 0. The van der Waals surface area contributed by atoms with Crippen LogP contribution in [-0.2, 0) is 39.4 Å². The lowest BCUT2D eigenvalue weighted by Gasteiger charge is -2.13. The number of rotatable bonds is 10. The topological polar surface area (TPSA) is 110 Å². The van der Waals surface area contributed by atoms with Crippen LogP contribution >= 0.6 is 0 Å². The van der Waals surface area contributed by atoms with Crippen molar-refractivity contribution in [3.05, 3.63) is 40.8 Å². The SMILES string of the molecule is CCOCCOCc1nc(C(F)(F)F)ccc1C(=O)c1cnn(C)c1OS(C)(=O)=O. The van der Waals surface area contributed by atoms with Crippen LogP contribution in [0.25, 0.3) is 0 Å². The van der Waals surface area contributed by atoms with Crippen molar-refractivity contribution in [2.75, 3.05) is 26.1 Å². The normalized spacial score (nSPS) is 12.2. The highest BCUT2D eigenvalue weighted by Gasteiger charge is 2.34. The first kappa shape index (κ1) is 23.8. The standard InChI is InChI=1S/C17H20F3N3O6S/c1-4-27-7-8-28-10-13-11(5-6-14(22-13)17(18,19)20)15(24)12-9-21-23(2)16(12)29-30(3,25)26/h5-6,9H,4,7-8,10H2,1-3H3. The van der Waals surface area contributed by atoms with Crippen LogP contribution in [0.2, 0.25) is 0 Å². The van der Waals surface area contributed by atoms with Gasteiger partial charge < -0.3 is 13.7 Å². The van der Waals surface area contributed by atoms with Crippen LogP contribution in [-0.4, -0.2) is 55.0 Å². The van der Waals surface area contributed by atoms with Crippen LogP contribution in [0.15, 0.2) is 18.3 Å². The summed E-state index contributed by atoms with van der Waals surface area (Å²) in [5.41, 5.74) is -1.91. The molecule has 0 radical (unpaired) electrons. The van der Waals surface area contributed by atoms with Crippen LogP contribution in [0.4, 0.5) is 13.2 Å². The van der Waals surface area contributed by atoms with E-state index in [1.807, 2.05) is 0 Å². The molecule has 166 valence electrons. The van der Waals surface area contributed by atoms with Gasteiger partial charge in [-0.1, -0.05) is 0 Å². The minimum atomic E-state index is -4.72. The van der Waals surface area contributed by atoms with Crippen molar-refractivity contribution >= 4 is 15.9 Å². The van der Waals surface area contributed by atoms with Crippen LogP contribution in [0, 0.1) is 0 Å². The highest BCUT2D eigenvalue weighted by atomic mass is 32.2. The maximum Gasteiger partial charge on any atom is 0.433 e. The number of carbonyl (C=O) groups is 1. The van der Waals surface area contributed by atoms with Gasteiger partial charge in [0.1, 0.15) is 11.3 Å². The van der Waals surface area contributed by atoms with Crippen LogP contribution < -0.4 is 4.18 Å². The molecule has 0 spiro atoms. The summed E-state index contributed by atoms with van der Waals surface area (Å²) in [6.07, 6.45) is -2.88. The monoisotopic (exact) mass is 451 g/mol. The summed E-state index contributed by atoms with van der Waals surface area (Å²) in [5.74, 6) is -1.18. The minimum Gasteiger partial charge on any atom is -0.379 e. The van der Waals surface area contributed by atoms with E-state index in [2.05, 4.69) is 10.1 Å². The third-order valence-electron chi connectivity index (χ3n) is 3.68. The van der Waals surface area contributed by atoms with Crippen LogP contribution in [0.1, 0.15) is 34.2 Å². The number of nitrogens with zero attached hydrogens (tertiary/aromatic N) is 3. The van der Waals surface area contributed by atoms with Crippen molar-refractivity contribution in [2.24, 2.45) is 7.05 Å². The molecule has 13 heteroatoms. The molecule has 2 aromatic heterocycles. The predicted molar refractivity (Wildman–Crippen MR) is 97.5 cm³/mol. The Labute approximate surface area is 170 Å². The molecule has 0 aliphatic rings. The highest BCUT2D eigenvalue weighted by Crippen LogP contribution is 2.30. The van der Waals surface area contributed by atoms with Crippen LogP contribution in [0.3, 0.4) is 0 Å². The fourth-order valence-corrected chi connectivity index (χ4v) is 2.86. The number of ether oxygens (including phenoxy) is 2. The quantitative estimate of drug-likeness (QED) is 0.306. The summed E-state index contributed by atoms with van der Waals surface area (Å²) < 4.78 is 78.3. The number of hydrogen-bond donors (Lipinski definition) is 0. The van der Waals surface area contributed by atoms with Gasteiger partial charge in [-0.25, -0.2) is 9.67 Å². The van der Waals surface area contributed by atoms with Gasteiger partial charge in [0, 0.05) is 19.2 Å². The second-order valence-electron chi connectivity index (χ2n) is 6.04. The Balaban J connectivity index is 2.41. The first-order valence-electron chi connectivity index (χ1n) is 8.62. The molecule has 30 heavy (non-hydrogen) atoms. The van der Waals surface area contributed by atoms with Gasteiger partial charge in [0.25, 0.3) is 0 Å². The maximum atomic E-state index is 13.1. The number of alkyl halides is 3. The molecule has 0 aliphatic heterocycles. The zero-order chi connectivity index (χ0) is 22.5. The number of halogens is 3. The van der Waals surface area contributed by atoms with E-state index in [0.29, 0.717) is 12.7 Å². The second kappa shape index (κ2) is 9.53. The molecule has 0 saturated carbocycles. The predicted octanol–water partition coefficient (Wildman–Crippen LogP) is 1.96. The van der Waals surface area contributed by atoms with E-state index < -0.39 is 27.8 Å². The van der Waals surface area contributed by atoms with Gasteiger partial charge in [0.15, 0.2) is 0 Å². The molecular weight excluding hydrogens is 431 g/mol. The summed E-state index contributed by atoms with van der Waals surface area (Å²) in [6.45, 7) is 2.12. The van der Waals surface area contributed by atoms with Crippen molar-refractivity contribution in [3.63, 3.8) is 0 Å². The molecule has 0 fully saturated rings. The summed E-state index contributed by atoms with van der Waals surface area (Å²) in [4.78, 5) is 16.5. The summed E-state index contributed by atoms with van der Waals surface area (Å²) in [6, 6.07) is 1.61. The lowest BCUT2D eigenvalue weighted by atomic mass is 10.0. The molecule has 2 rings (SSSR count). The van der Waals surface area contributed by atoms with Crippen molar-refractivity contribution in [3.8, 4) is 5.88 Å². The van der Waals surface area contributed by atoms with Crippen molar-refractivity contribution in [1.82, 2.24) is 14.8 Å². The van der Waals surface area contributed by atoms with Gasteiger partial charge in [-0.2, -0.15) is 26.7 Å². The molecule has 0 bridgehead atoms. The Bertz CT molecular complexity index is 1000. The average Bonchev–Trinajstić information content (AvgIpc) is 2.99. The first-order valence-corrected chi connectivity index (χ1v) is 10.4. The smallest absolute Gasteiger partial charge is 0.379 e. The number of carbonyl (C=O) groups excluding carboxylic acids is 1. The molecule has 0 N–H and O–H groups in total. The molecule has 9 nitrogen and oxygen atoms in total. The van der Waals surface area contributed by atoms with E-state index in [0.717, 1.165) is 23.2 Å². The number of pyridine rings is 1. The molecule has 0 saturated heterocycles. The lowest BCUT2D eigenvalue weighted by Crippen LogP contribution is -2.16. The summed E-state index contributed by atoms with van der Waals surface area (Å²) in [5, 5.41) is 3.79. The van der Waals surface area contributed by atoms with Crippen molar-refractivity contribution in [2.45, 2.75) is 19.7 Å². The Morgan fingerprint density at radius 3 is 2.43 bits per heavy atom. The third-order valence-corrected chi connectivity index (χ3v) is 4.14. The molecular formula is C17H20F3N3O6S. The zero-order valence-electron chi connectivity index (χ0n) is 16.4. The number of aryl methyl sites for hydroxylation is 1. The minimum absolute atomic E-state index is 0.0781. The Hall–Kier alpha value is -2.51. The molecule has 2 aromatic rings. The molecule has 0 unspecified atom stereocenters. The van der Waals surface area contributed by atoms with Gasteiger partial charge in [0.05, 0.1) is 38.0 Å². The largest absolute Gasteiger partial charge is 0.433 e. The van der Waals surface area contributed by atoms with E-state index in [1.54, 1.807) is 6.92 Å². The van der Waals surface area contributed by atoms with Crippen molar-refractivity contribution < 1.29 is 40.0 Å². The Morgan fingerprint density at radius 1 is 1.17 bits per heavy atom. The van der Waals surface area contributed by atoms with Gasteiger partial charge in [-0.3, -0.25) is 4.79 Å². The van der Waals surface area contributed by atoms with Gasteiger partial charge in [0.2, 0.25) is 11.7 Å². The van der Waals surface area contributed by atoms with E-state index in [9.17, 15) is 26.4 Å². The number of ketones is 1. The summed E-state index contributed by atoms with van der Waals surface area (Å²) in [7, 11) is -2.64. The van der Waals surface area contributed by atoms with Crippen molar-refractivity contribution in [1.29, 1.82) is 0 Å². The first-order chi connectivity index (χ1) is 13.9. The van der Waals surface area contributed by atoms with Gasteiger partial charge in [-0.05, 0) is 19.1 Å². The second-order valence-corrected chi connectivity index (χ2v) is 7.62. The third kappa shape index (κ3) is 6.24. The van der Waals surface area contributed by atoms with Crippen LogP contribution in [0.5, 0.6) is 5.88 Å². The van der Waals surface area contributed by atoms with E-state index in [4.69, 9.17) is 13.7 Å². The Morgan fingerprint density at radius 2 is 1.83 bits per heavy atom. The van der Waals surface area contributed by atoms with E-state index >= 15 is 0 Å². The Kier molecular flexibility index (Phi) is 7.55. The zero-order valence-corrected chi connectivity index (χ0v) is 17.2. The molecule has 2 heterocycles. The van der Waals surface area contributed by atoms with Gasteiger partial charge >= 0.3 is 16.3 Å².